The summed E-state index contributed by atoms with van der Waals surface area (Å²) in [6.45, 7) is 4.19. The van der Waals surface area contributed by atoms with Gasteiger partial charge in [-0.2, -0.15) is 0 Å². The number of anilines is 8. The number of carbonyl (C=O) groups is 4. The monoisotopic (exact) mass is 846 g/mol. The highest BCUT2D eigenvalue weighted by molar-refractivity contribution is 9.10. The van der Waals surface area contributed by atoms with Gasteiger partial charge in [0.1, 0.15) is 0 Å². The van der Waals surface area contributed by atoms with E-state index in [2.05, 4.69) is 29.8 Å². The normalized spacial score (nSPS) is 10.8. The molecule has 302 valence electrons. The lowest BCUT2D eigenvalue weighted by molar-refractivity contribution is 0.253. The summed E-state index contributed by atoms with van der Waals surface area (Å²) >= 11 is 3.51. The van der Waals surface area contributed by atoms with Crippen LogP contribution in [0.25, 0.3) is 0 Å². The molecule has 0 saturated heterocycles. The van der Waals surface area contributed by atoms with Gasteiger partial charge in [0.2, 0.25) is 0 Å². The molecule has 0 bridgehead atoms. The Kier molecular flexibility index (Phi) is 13.5. The first-order valence-electron chi connectivity index (χ1n) is 18.7. The van der Waals surface area contributed by atoms with Crippen molar-refractivity contribution in [3.8, 4) is 0 Å². The van der Waals surface area contributed by atoms with Crippen LogP contribution in [0.4, 0.5) is 64.7 Å². The van der Waals surface area contributed by atoms with Gasteiger partial charge >= 0.3 is 24.1 Å². The van der Waals surface area contributed by atoms with Crippen LogP contribution in [0.3, 0.4) is 0 Å². The summed E-state index contributed by atoms with van der Waals surface area (Å²) in [6, 6.07) is 35.8. The zero-order valence-electron chi connectivity index (χ0n) is 34.7. The van der Waals surface area contributed by atoms with E-state index >= 15 is 0 Å². The zero-order chi connectivity index (χ0) is 42.4. The van der Waals surface area contributed by atoms with Crippen molar-refractivity contribution < 1.29 is 19.2 Å². The molecular formula is C45H51BrN8O4. The van der Waals surface area contributed by atoms with Crippen LogP contribution in [-0.4, -0.2) is 80.5 Å². The molecule has 0 saturated carbocycles. The van der Waals surface area contributed by atoms with E-state index in [9.17, 15) is 19.2 Å². The third kappa shape index (κ3) is 9.10. The predicted molar refractivity (Wildman–Crippen MR) is 243 cm³/mol. The molecule has 5 rings (SSSR count). The van der Waals surface area contributed by atoms with Crippen LogP contribution >= 0.6 is 15.9 Å². The van der Waals surface area contributed by atoms with Gasteiger partial charge in [0, 0.05) is 101 Å². The van der Waals surface area contributed by atoms with Gasteiger partial charge in [0.15, 0.2) is 0 Å². The van der Waals surface area contributed by atoms with Crippen molar-refractivity contribution in [3.05, 3.63) is 131 Å². The molecule has 8 amide bonds. The maximum atomic E-state index is 13.9. The number of hydrogen-bond donors (Lipinski definition) is 0. The first-order chi connectivity index (χ1) is 27.5. The maximum absolute atomic E-state index is 13.9. The Morgan fingerprint density at radius 2 is 0.655 bits per heavy atom. The molecule has 58 heavy (non-hydrogen) atoms. The van der Waals surface area contributed by atoms with Gasteiger partial charge in [-0.15, -0.1) is 0 Å². The van der Waals surface area contributed by atoms with Gasteiger partial charge in [0.25, 0.3) is 0 Å². The van der Waals surface area contributed by atoms with Crippen molar-refractivity contribution in [2.45, 2.75) is 19.8 Å². The predicted octanol–water partition coefficient (Wildman–Crippen LogP) is 10.3. The maximum Gasteiger partial charge on any atom is 0.328 e. The second kappa shape index (κ2) is 18.3. The second-order valence-electron chi connectivity index (χ2n) is 14.3. The van der Waals surface area contributed by atoms with Crippen molar-refractivity contribution >= 4 is 85.6 Å². The first-order valence-corrected chi connectivity index (χ1v) is 19.5. The zero-order valence-corrected chi connectivity index (χ0v) is 36.3. The molecule has 0 heterocycles. The van der Waals surface area contributed by atoms with Gasteiger partial charge in [-0.1, -0.05) is 62.4 Å². The number of carbonyl (C=O) groups excluding carboxylic acids is 4. The fourth-order valence-corrected chi connectivity index (χ4v) is 7.06. The lowest BCUT2D eigenvalue weighted by atomic mass is 10.0. The number of halogens is 1. The fraction of sp³-hybridized carbons (Fsp3) is 0.244. The van der Waals surface area contributed by atoms with Gasteiger partial charge in [-0.05, 0) is 100 Å². The van der Waals surface area contributed by atoms with E-state index in [1.807, 2.05) is 72.8 Å². The summed E-state index contributed by atoms with van der Waals surface area (Å²) in [4.78, 5) is 67.1. The number of rotatable bonds is 9. The summed E-state index contributed by atoms with van der Waals surface area (Å²) in [7, 11) is 13.6. The smallest absolute Gasteiger partial charge is 0.297 e. The molecule has 0 aliphatic rings. The van der Waals surface area contributed by atoms with Crippen LogP contribution in [0.5, 0.6) is 0 Å². The quantitative estimate of drug-likeness (QED) is 0.148. The van der Waals surface area contributed by atoms with E-state index in [0.717, 1.165) is 21.4 Å². The van der Waals surface area contributed by atoms with Crippen LogP contribution in [0.15, 0.2) is 126 Å². The molecule has 0 aromatic heterocycles. The Morgan fingerprint density at radius 1 is 0.379 bits per heavy atom. The van der Waals surface area contributed by atoms with Crippen molar-refractivity contribution in [1.82, 2.24) is 0 Å². The molecule has 0 atom stereocenters. The highest BCUT2D eigenvalue weighted by Gasteiger charge is 2.25. The SMILES string of the molecule is CC(C)c1ccccc1N(C)C(=O)N(C)c1cccc(N(C)C(=O)N(C)c2cccc(N(C)C(=O)N(C)c3cccc(N(C)C(=O)N(C)c4ccccc4Br)c3)c2)c1. The lowest BCUT2D eigenvalue weighted by Crippen LogP contribution is -2.41. The Morgan fingerprint density at radius 3 is 0.983 bits per heavy atom. The summed E-state index contributed by atoms with van der Waals surface area (Å²) in [5.41, 5.74) is 6.20. The third-order valence-corrected chi connectivity index (χ3v) is 10.9. The topological polar surface area (TPSA) is 94.2 Å². The van der Waals surface area contributed by atoms with Crippen LogP contribution < -0.4 is 39.2 Å². The Balaban J connectivity index is 1.27. The minimum atomic E-state index is -0.325. The number of nitrogens with zero attached hydrogens (tertiary/aromatic N) is 8. The third-order valence-electron chi connectivity index (χ3n) is 10.2. The minimum Gasteiger partial charge on any atom is -0.297 e. The molecule has 13 heteroatoms. The van der Waals surface area contributed by atoms with Crippen molar-refractivity contribution in [2.24, 2.45) is 0 Å². The van der Waals surface area contributed by atoms with Crippen LogP contribution in [0.2, 0.25) is 0 Å². The largest absolute Gasteiger partial charge is 0.328 e. The van der Waals surface area contributed by atoms with Crippen molar-refractivity contribution in [2.75, 3.05) is 95.6 Å². The van der Waals surface area contributed by atoms with E-state index in [-0.39, 0.29) is 30.0 Å². The average Bonchev–Trinajstić information content (AvgIpc) is 3.26. The van der Waals surface area contributed by atoms with E-state index in [1.165, 1.54) is 24.5 Å². The highest BCUT2D eigenvalue weighted by Crippen LogP contribution is 2.31. The molecular weight excluding hydrogens is 796 g/mol. The molecule has 0 aliphatic heterocycles. The van der Waals surface area contributed by atoms with Gasteiger partial charge in [0.05, 0.1) is 5.69 Å². The second-order valence-corrected chi connectivity index (χ2v) is 15.2. The summed E-state index contributed by atoms with van der Waals surface area (Å²) in [6.07, 6.45) is 0. The van der Waals surface area contributed by atoms with Crippen molar-refractivity contribution in [3.63, 3.8) is 0 Å². The highest BCUT2D eigenvalue weighted by atomic mass is 79.9. The molecule has 12 nitrogen and oxygen atoms in total. The van der Waals surface area contributed by atoms with Crippen LogP contribution in [-0.2, 0) is 0 Å². The average molecular weight is 848 g/mol. The van der Waals surface area contributed by atoms with Crippen LogP contribution in [0, 0.1) is 0 Å². The van der Waals surface area contributed by atoms with Gasteiger partial charge in [-0.3, -0.25) is 39.2 Å². The fourth-order valence-electron chi connectivity index (χ4n) is 6.50. The Hall–Kier alpha value is -6.34. The number of amides is 8. The Labute approximate surface area is 350 Å². The summed E-state index contributed by atoms with van der Waals surface area (Å²) in [5, 5.41) is 0. The van der Waals surface area contributed by atoms with Crippen LogP contribution in [0.1, 0.15) is 25.3 Å². The molecule has 0 radical (unpaired) electrons. The van der Waals surface area contributed by atoms with E-state index in [4.69, 9.17) is 0 Å². The number of hydrogen-bond acceptors (Lipinski definition) is 4. The van der Waals surface area contributed by atoms with Crippen molar-refractivity contribution in [1.29, 1.82) is 0 Å². The van der Waals surface area contributed by atoms with E-state index in [0.29, 0.717) is 34.1 Å². The number of urea groups is 4. The Bertz CT molecular complexity index is 2300. The number of para-hydroxylation sites is 2. The molecule has 0 spiro atoms. The first kappa shape index (κ1) is 42.8. The summed E-state index contributed by atoms with van der Waals surface area (Å²) < 4.78 is 0.795. The summed E-state index contributed by atoms with van der Waals surface area (Å²) in [5.74, 6) is 0.242. The van der Waals surface area contributed by atoms with Gasteiger partial charge in [-0.25, -0.2) is 19.2 Å². The molecule has 0 unspecified atom stereocenters. The van der Waals surface area contributed by atoms with E-state index in [1.54, 1.807) is 120 Å². The van der Waals surface area contributed by atoms with Gasteiger partial charge < -0.3 is 0 Å². The van der Waals surface area contributed by atoms with E-state index < -0.39 is 0 Å². The number of benzene rings is 5. The molecule has 0 aliphatic carbocycles. The molecule has 5 aromatic carbocycles. The lowest BCUT2D eigenvalue weighted by Gasteiger charge is -2.29. The standard InChI is InChI=1S/C45H51BrN8O4/c1-31(2)38-24-11-13-26-40(38)53(9)44(57)51(7)36-22-16-20-34(29-36)49(5)42(55)47(3)32-18-15-19-33(28-32)48(4)43(56)50(6)35-21-17-23-37(30-35)52(8)45(58)54(10)41-27-14-12-25-39(41)46/h11-31H,1-10H3. The molecule has 0 fully saturated rings. The molecule has 0 N–H and O–H groups in total. The minimum absolute atomic E-state index is 0.215. The molecule has 5 aromatic rings.